The highest BCUT2D eigenvalue weighted by Crippen LogP contribution is 2.39. The maximum atomic E-state index is 10.3. The molecule has 0 amide bonds. The summed E-state index contributed by atoms with van der Waals surface area (Å²) in [6.45, 7) is 4.69. The Morgan fingerprint density at radius 2 is 2.05 bits per heavy atom. The molecule has 5 nitrogen and oxygen atoms in total. The molecule has 0 saturated heterocycles. The van der Waals surface area contributed by atoms with Crippen molar-refractivity contribution in [2.24, 2.45) is 0 Å². The van der Waals surface area contributed by atoms with Crippen LogP contribution < -0.4 is 5.32 Å². The van der Waals surface area contributed by atoms with Gasteiger partial charge in [-0.2, -0.15) is 0 Å². The second kappa shape index (κ2) is 5.84. The summed E-state index contributed by atoms with van der Waals surface area (Å²) >= 11 is 6.16. The third-order valence-corrected chi connectivity index (χ3v) is 3.71. The Hall–Kier alpha value is -0.910. The van der Waals surface area contributed by atoms with Crippen molar-refractivity contribution in [2.75, 3.05) is 32.5 Å². The molecule has 0 aliphatic heterocycles. The van der Waals surface area contributed by atoms with Crippen LogP contribution in [0.25, 0.3) is 0 Å². The van der Waals surface area contributed by atoms with Crippen LogP contribution in [0, 0.1) is 6.92 Å². The van der Waals surface area contributed by atoms with Gasteiger partial charge < -0.3 is 15.3 Å². The van der Waals surface area contributed by atoms with Crippen LogP contribution in [0.15, 0.2) is 0 Å². The molecule has 1 aliphatic rings. The van der Waals surface area contributed by atoms with E-state index in [2.05, 4.69) is 15.3 Å². The Morgan fingerprint density at radius 1 is 1.40 bits per heavy atom. The number of anilines is 1. The van der Waals surface area contributed by atoms with Gasteiger partial charge in [0.05, 0.1) is 5.60 Å². The van der Waals surface area contributed by atoms with E-state index in [1.54, 1.807) is 6.92 Å². The van der Waals surface area contributed by atoms with Crippen LogP contribution >= 0.6 is 11.6 Å². The lowest BCUT2D eigenvalue weighted by Gasteiger charge is -2.27. The Bertz CT molecular complexity index is 486. The first-order valence-corrected chi connectivity index (χ1v) is 7.31. The molecular formula is C14H23ClN4O. The molecule has 1 atom stereocenters. The summed E-state index contributed by atoms with van der Waals surface area (Å²) in [5.41, 5.74) is 0.00402. The smallest absolute Gasteiger partial charge is 0.137 e. The summed E-state index contributed by atoms with van der Waals surface area (Å²) in [6, 6.07) is 0. The van der Waals surface area contributed by atoms with Gasteiger partial charge in [0, 0.05) is 24.6 Å². The van der Waals surface area contributed by atoms with Crippen molar-refractivity contribution in [3.63, 3.8) is 0 Å². The molecule has 6 heteroatoms. The first-order chi connectivity index (χ1) is 9.28. The first-order valence-electron chi connectivity index (χ1n) is 6.93. The van der Waals surface area contributed by atoms with Crippen molar-refractivity contribution >= 4 is 17.4 Å². The second-order valence-electron chi connectivity index (χ2n) is 6.21. The van der Waals surface area contributed by atoms with Crippen molar-refractivity contribution in [1.82, 2.24) is 14.9 Å². The summed E-state index contributed by atoms with van der Waals surface area (Å²) in [6.07, 6.45) is 2.27. The van der Waals surface area contributed by atoms with Crippen molar-refractivity contribution in [3.8, 4) is 0 Å². The van der Waals surface area contributed by atoms with E-state index in [0.29, 0.717) is 24.2 Å². The number of hydrogen-bond donors (Lipinski definition) is 2. The minimum absolute atomic E-state index is 0.420. The highest BCUT2D eigenvalue weighted by Gasteiger charge is 2.28. The minimum Gasteiger partial charge on any atom is -0.387 e. The van der Waals surface area contributed by atoms with Gasteiger partial charge in [0.15, 0.2) is 0 Å². The number of nitrogens with zero attached hydrogens (tertiary/aromatic N) is 3. The highest BCUT2D eigenvalue weighted by atomic mass is 35.5. The lowest BCUT2D eigenvalue weighted by atomic mass is 10.1. The molecule has 2 N–H and O–H groups in total. The van der Waals surface area contributed by atoms with Crippen LogP contribution in [-0.4, -0.2) is 52.8 Å². The van der Waals surface area contributed by atoms with Crippen molar-refractivity contribution in [1.29, 1.82) is 0 Å². The Balaban J connectivity index is 2.08. The molecule has 1 aliphatic carbocycles. The molecule has 1 aromatic heterocycles. The van der Waals surface area contributed by atoms with Gasteiger partial charge in [0.25, 0.3) is 0 Å². The highest BCUT2D eigenvalue weighted by molar-refractivity contribution is 6.30. The maximum absolute atomic E-state index is 10.3. The fourth-order valence-electron chi connectivity index (χ4n) is 2.21. The van der Waals surface area contributed by atoms with Crippen molar-refractivity contribution < 1.29 is 5.11 Å². The zero-order valence-electron chi connectivity index (χ0n) is 12.6. The average molecular weight is 299 g/mol. The maximum Gasteiger partial charge on any atom is 0.137 e. The van der Waals surface area contributed by atoms with Gasteiger partial charge in [-0.15, -0.1) is 0 Å². The van der Waals surface area contributed by atoms with Gasteiger partial charge in [0.2, 0.25) is 0 Å². The summed E-state index contributed by atoms with van der Waals surface area (Å²) in [4.78, 5) is 10.8. The van der Waals surface area contributed by atoms with Crippen LogP contribution in [-0.2, 0) is 0 Å². The summed E-state index contributed by atoms with van der Waals surface area (Å²) in [5, 5.41) is 14.0. The molecule has 0 bridgehead atoms. The molecule has 0 aromatic carbocycles. The van der Waals surface area contributed by atoms with Gasteiger partial charge >= 0.3 is 0 Å². The first kappa shape index (κ1) is 15.5. The van der Waals surface area contributed by atoms with E-state index in [1.165, 1.54) is 0 Å². The van der Waals surface area contributed by atoms with E-state index in [9.17, 15) is 5.11 Å². The van der Waals surface area contributed by atoms with Crippen molar-refractivity contribution in [2.45, 2.75) is 38.2 Å². The van der Waals surface area contributed by atoms with Crippen LogP contribution in [0.2, 0.25) is 5.15 Å². The van der Waals surface area contributed by atoms with E-state index in [4.69, 9.17) is 11.6 Å². The summed E-state index contributed by atoms with van der Waals surface area (Å²) in [5.74, 6) is 2.00. The average Bonchev–Trinajstić information content (AvgIpc) is 3.13. The largest absolute Gasteiger partial charge is 0.387 e. The summed E-state index contributed by atoms with van der Waals surface area (Å²) in [7, 11) is 3.87. The number of hydrogen-bond acceptors (Lipinski definition) is 5. The Morgan fingerprint density at radius 3 is 2.60 bits per heavy atom. The van der Waals surface area contributed by atoms with Crippen LogP contribution in [0.3, 0.4) is 0 Å². The van der Waals surface area contributed by atoms with Gasteiger partial charge in [-0.05, 0) is 40.8 Å². The molecule has 1 unspecified atom stereocenters. The third-order valence-electron chi connectivity index (χ3n) is 3.34. The van der Waals surface area contributed by atoms with Gasteiger partial charge in [-0.3, -0.25) is 0 Å². The Kier molecular flexibility index (Phi) is 4.52. The number of aliphatic hydroxyl groups is 1. The van der Waals surface area contributed by atoms with Crippen LogP contribution in [0.4, 0.5) is 5.82 Å². The molecule has 1 heterocycles. The number of rotatable bonds is 6. The van der Waals surface area contributed by atoms with Crippen molar-refractivity contribution in [3.05, 3.63) is 16.5 Å². The van der Waals surface area contributed by atoms with E-state index in [0.717, 1.165) is 30.0 Å². The second-order valence-corrected chi connectivity index (χ2v) is 6.57. The number of aromatic nitrogens is 2. The SMILES string of the molecule is Cc1c(Cl)nc(C2CC2)nc1NCC(C)(O)CN(C)C. The molecule has 20 heavy (non-hydrogen) atoms. The number of likely N-dealkylation sites (N-methyl/N-ethyl adjacent to an activating group) is 1. The zero-order valence-corrected chi connectivity index (χ0v) is 13.3. The van der Waals surface area contributed by atoms with Gasteiger partial charge in [-0.25, -0.2) is 9.97 Å². The van der Waals surface area contributed by atoms with E-state index >= 15 is 0 Å². The number of nitrogens with one attached hydrogen (secondary N) is 1. The van der Waals surface area contributed by atoms with E-state index < -0.39 is 5.60 Å². The van der Waals surface area contributed by atoms with Crippen LogP contribution in [0.5, 0.6) is 0 Å². The summed E-state index contributed by atoms with van der Waals surface area (Å²) < 4.78 is 0. The van der Waals surface area contributed by atoms with E-state index in [1.807, 2.05) is 25.9 Å². The molecule has 0 radical (unpaired) electrons. The van der Waals surface area contributed by atoms with E-state index in [-0.39, 0.29) is 0 Å². The molecule has 112 valence electrons. The normalized spacial score (nSPS) is 18.1. The standard InChI is InChI=1S/C14H23ClN4O/c1-9-11(15)17-13(10-5-6-10)18-12(9)16-7-14(2,20)8-19(3)4/h10,20H,5-8H2,1-4H3,(H,16,17,18). The lowest BCUT2D eigenvalue weighted by Crippen LogP contribution is -2.43. The predicted octanol–water partition coefficient (Wildman–Crippen LogP) is 2.04. The fraction of sp³-hybridized carbons (Fsp3) is 0.714. The monoisotopic (exact) mass is 298 g/mol. The predicted molar refractivity (Wildman–Crippen MR) is 81.4 cm³/mol. The molecule has 0 spiro atoms. The quantitative estimate of drug-likeness (QED) is 0.787. The zero-order chi connectivity index (χ0) is 14.9. The topological polar surface area (TPSA) is 61.3 Å². The third kappa shape index (κ3) is 4.04. The molecule has 1 aromatic rings. The lowest BCUT2D eigenvalue weighted by molar-refractivity contribution is 0.0459. The molecule has 2 rings (SSSR count). The molecular weight excluding hydrogens is 276 g/mol. The fourth-order valence-corrected chi connectivity index (χ4v) is 2.39. The molecule has 1 saturated carbocycles. The van der Waals surface area contributed by atoms with Gasteiger partial charge in [0.1, 0.15) is 16.8 Å². The molecule has 1 fully saturated rings. The van der Waals surface area contributed by atoms with Crippen LogP contribution in [0.1, 0.15) is 37.1 Å². The Labute approximate surface area is 125 Å². The number of halogens is 1. The van der Waals surface area contributed by atoms with Gasteiger partial charge in [-0.1, -0.05) is 11.6 Å². The minimum atomic E-state index is -0.826.